The Kier molecular flexibility index (Phi) is 12.1. The fourth-order valence-corrected chi connectivity index (χ4v) is 3.66. The monoisotopic (exact) mass is 442 g/mol. The maximum atomic E-state index is 10.3. The normalized spacial score (nSPS) is 28.4. The van der Waals surface area contributed by atoms with Crippen LogP contribution in [0.15, 0.2) is 0 Å². The Balaban J connectivity index is 2.86. The first-order valence-corrected chi connectivity index (χ1v) is 10.2. The van der Waals surface area contributed by atoms with E-state index in [0.717, 1.165) is 0 Å². The predicted octanol–water partition coefficient (Wildman–Crippen LogP) is -5.57. The van der Waals surface area contributed by atoms with Crippen LogP contribution in [0.3, 0.4) is 0 Å². The van der Waals surface area contributed by atoms with E-state index < -0.39 is 62.0 Å². The topological polar surface area (TPSA) is 232 Å². The van der Waals surface area contributed by atoms with Gasteiger partial charge in [-0.15, -0.1) is 0 Å². The summed E-state index contributed by atoms with van der Waals surface area (Å²) in [5.41, 5.74) is 5.91. The van der Waals surface area contributed by atoms with Crippen LogP contribution in [0, 0.1) is 0 Å². The Morgan fingerprint density at radius 2 is 0.933 bits per heavy atom. The number of nitrogens with two attached hydrogens (primary N) is 1. The van der Waals surface area contributed by atoms with Gasteiger partial charge in [-0.25, -0.2) is 0 Å². The van der Waals surface area contributed by atoms with Crippen molar-refractivity contribution < 1.29 is 51.1 Å². The smallest absolute Gasteiger partial charge is 0.111 e. The van der Waals surface area contributed by atoms with E-state index in [2.05, 4.69) is 0 Å². The number of hydrogen-bond acceptors (Lipinski definition) is 12. The maximum Gasteiger partial charge on any atom is 0.111 e. The molecule has 0 amide bonds. The summed E-state index contributed by atoms with van der Waals surface area (Å²) in [5.74, 6) is 0. The van der Waals surface area contributed by atoms with Gasteiger partial charge in [0.2, 0.25) is 0 Å². The lowest BCUT2D eigenvalue weighted by Gasteiger charge is -2.40. The lowest BCUT2D eigenvalue weighted by molar-refractivity contribution is -0.134. The number of rotatable bonds is 13. The average molecular weight is 443 g/mol. The summed E-state index contributed by atoms with van der Waals surface area (Å²) in [6.07, 6.45) is -11.0. The quantitative estimate of drug-likeness (QED) is 0.128. The third-order valence-corrected chi connectivity index (χ3v) is 5.75. The van der Waals surface area contributed by atoms with Gasteiger partial charge in [-0.3, -0.25) is 4.90 Å². The molecule has 0 saturated heterocycles. The van der Waals surface area contributed by atoms with Gasteiger partial charge in [0.15, 0.2) is 0 Å². The van der Waals surface area contributed by atoms with Crippen molar-refractivity contribution in [1.29, 1.82) is 0 Å². The predicted molar refractivity (Wildman–Crippen MR) is 104 cm³/mol. The largest absolute Gasteiger partial charge is 0.394 e. The molecule has 12 nitrogen and oxygen atoms in total. The molecule has 12 heteroatoms. The van der Waals surface area contributed by atoms with Gasteiger partial charge in [0.1, 0.15) is 36.6 Å². The highest BCUT2D eigenvalue weighted by molar-refractivity contribution is 4.90. The van der Waals surface area contributed by atoms with Crippen LogP contribution in [0.1, 0.15) is 25.7 Å². The van der Waals surface area contributed by atoms with E-state index in [4.69, 9.17) is 15.9 Å². The maximum absolute atomic E-state index is 10.3. The molecule has 1 fully saturated rings. The zero-order chi connectivity index (χ0) is 23.0. The molecular formula is C18H38N2O10. The molecule has 30 heavy (non-hydrogen) atoms. The first-order chi connectivity index (χ1) is 14.0. The molecule has 0 radical (unpaired) electrons. The average Bonchev–Trinajstić information content (AvgIpc) is 2.75. The minimum Gasteiger partial charge on any atom is -0.394 e. The lowest BCUT2D eigenvalue weighted by Crippen LogP contribution is -2.55. The number of nitrogens with zero attached hydrogens (tertiary/aromatic N) is 1. The number of aliphatic hydroxyl groups is 10. The summed E-state index contributed by atoms with van der Waals surface area (Å²) in [7, 11) is 0. The molecule has 8 atom stereocenters. The molecule has 0 aromatic carbocycles. The zero-order valence-electron chi connectivity index (χ0n) is 16.9. The summed E-state index contributed by atoms with van der Waals surface area (Å²) in [4.78, 5) is 1.57. The second kappa shape index (κ2) is 13.2. The Morgan fingerprint density at radius 3 is 1.27 bits per heavy atom. The highest BCUT2D eigenvalue weighted by atomic mass is 16.4. The van der Waals surface area contributed by atoms with Gasteiger partial charge in [-0.1, -0.05) is 0 Å². The minimum absolute atomic E-state index is 0.0113. The molecule has 12 N–H and O–H groups in total. The van der Waals surface area contributed by atoms with Crippen molar-refractivity contribution >= 4 is 0 Å². The van der Waals surface area contributed by atoms with E-state index in [1.165, 1.54) is 0 Å². The summed E-state index contributed by atoms with van der Waals surface area (Å²) >= 11 is 0. The van der Waals surface area contributed by atoms with E-state index in [9.17, 15) is 40.9 Å². The summed E-state index contributed by atoms with van der Waals surface area (Å²) < 4.78 is 0. The second-order valence-electron chi connectivity index (χ2n) is 8.12. The van der Waals surface area contributed by atoms with Gasteiger partial charge in [0.05, 0.1) is 25.4 Å². The van der Waals surface area contributed by atoms with E-state index >= 15 is 0 Å². The van der Waals surface area contributed by atoms with Crippen molar-refractivity contribution in [3.8, 4) is 0 Å². The second-order valence-corrected chi connectivity index (χ2v) is 8.12. The summed E-state index contributed by atoms with van der Waals surface area (Å²) in [6.45, 7) is -2.13. The van der Waals surface area contributed by atoms with Crippen molar-refractivity contribution in [1.82, 2.24) is 4.90 Å². The first kappa shape index (κ1) is 27.6. The Morgan fingerprint density at radius 1 is 0.600 bits per heavy atom. The molecule has 0 aromatic rings. The highest BCUT2D eigenvalue weighted by Gasteiger charge is 2.36. The van der Waals surface area contributed by atoms with Gasteiger partial charge < -0.3 is 56.8 Å². The van der Waals surface area contributed by atoms with Crippen LogP contribution in [-0.2, 0) is 0 Å². The first-order valence-electron chi connectivity index (χ1n) is 10.2. The molecule has 1 aliphatic rings. The van der Waals surface area contributed by atoms with Crippen molar-refractivity contribution in [3.05, 3.63) is 0 Å². The van der Waals surface area contributed by atoms with Crippen molar-refractivity contribution in [2.24, 2.45) is 5.73 Å². The molecular weight excluding hydrogens is 404 g/mol. The fourth-order valence-electron chi connectivity index (χ4n) is 3.66. The lowest BCUT2D eigenvalue weighted by atomic mass is 9.89. The third-order valence-electron chi connectivity index (χ3n) is 5.75. The summed E-state index contributed by atoms with van der Waals surface area (Å²) in [5, 5.41) is 97.2. The van der Waals surface area contributed by atoms with E-state index in [0.29, 0.717) is 25.7 Å². The zero-order valence-corrected chi connectivity index (χ0v) is 16.9. The SMILES string of the molecule is N[C@H]1CC[C@@H](N(C[C@H](O)[C@@H](O)[C@H](O)[C@H](O)CO)C[C@H](O)[C@@H](O)[C@H](O)[C@@H](O)CO)CC1. The molecule has 0 spiro atoms. The van der Waals surface area contributed by atoms with Gasteiger partial charge in [-0.05, 0) is 25.7 Å². The summed E-state index contributed by atoms with van der Waals surface area (Å²) in [6, 6.07) is -0.175. The van der Waals surface area contributed by atoms with Crippen LogP contribution in [0.4, 0.5) is 0 Å². The third kappa shape index (κ3) is 7.89. The molecule has 1 aliphatic carbocycles. The molecule has 180 valence electrons. The van der Waals surface area contributed by atoms with E-state index in [-0.39, 0.29) is 25.2 Å². The Labute approximate surface area is 175 Å². The molecule has 0 aliphatic heterocycles. The molecule has 0 heterocycles. The minimum atomic E-state index is -1.80. The number of aliphatic hydroxyl groups excluding tert-OH is 10. The van der Waals surface area contributed by atoms with Gasteiger partial charge in [0, 0.05) is 25.2 Å². The molecule has 0 aromatic heterocycles. The standard InChI is InChI=1S/C18H38N2O10/c19-9-1-3-10(4-2-9)20(5-11(23)15(27)17(29)13(25)7-21)6-12(24)16(28)18(30)14(26)8-22/h9-18,21-30H,1-8,19H2/t9-,10+,11-,12-,13-,14+,15+,16+,17+,18+/m0/s1. The number of hydrogen-bond donors (Lipinski definition) is 11. The molecule has 0 bridgehead atoms. The fraction of sp³-hybridized carbons (Fsp3) is 1.00. The van der Waals surface area contributed by atoms with Crippen LogP contribution in [0.25, 0.3) is 0 Å². The van der Waals surface area contributed by atoms with Crippen molar-refractivity contribution in [2.75, 3.05) is 26.3 Å². The van der Waals surface area contributed by atoms with Crippen LogP contribution < -0.4 is 5.73 Å². The van der Waals surface area contributed by atoms with Gasteiger partial charge >= 0.3 is 0 Å². The van der Waals surface area contributed by atoms with Crippen molar-refractivity contribution in [3.63, 3.8) is 0 Å². The van der Waals surface area contributed by atoms with Gasteiger partial charge in [-0.2, -0.15) is 0 Å². The molecule has 0 unspecified atom stereocenters. The Hall–Kier alpha value is -0.480. The highest BCUT2D eigenvalue weighted by Crippen LogP contribution is 2.24. The van der Waals surface area contributed by atoms with E-state index in [1.54, 1.807) is 4.90 Å². The van der Waals surface area contributed by atoms with Crippen LogP contribution in [0.5, 0.6) is 0 Å². The molecule has 1 rings (SSSR count). The Bertz CT molecular complexity index is 438. The van der Waals surface area contributed by atoms with Gasteiger partial charge in [0.25, 0.3) is 0 Å². The molecule has 1 saturated carbocycles. The van der Waals surface area contributed by atoms with Crippen LogP contribution in [0.2, 0.25) is 0 Å². The van der Waals surface area contributed by atoms with Crippen LogP contribution in [-0.4, -0.2) is 143 Å². The van der Waals surface area contributed by atoms with E-state index in [1.807, 2.05) is 0 Å². The van der Waals surface area contributed by atoms with Crippen molar-refractivity contribution in [2.45, 2.75) is 86.6 Å². The van der Waals surface area contributed by atoms with Crippen LogP contribution >= 0.6 is 0 Å².